The summed E-state index contributed by atoms with van der Waals surface area (Å²) in [7, 11) is 0. The van der Waals surface area contributed by atoms with Crippen molar-refractivity contribution in [3.8, 4) is 0 Å². The van der Waals surface area contributed by atoms with Gasteiger partial charge in [-0.25, -0.2) is 0 Å². The van der Waals surface area contributed by atoms with Gasteiger partial charge in [0.25, 0.3) is 5.69 Å². The third-order valence-electron chi connectivity index (χ3n) is 3.14. The zero-order valence-electron chi connectivity index (χ0n) is 11.2. The summed E-state index contributed by atoms with van der Waals surface area (Å²) in [5, 5.41) is 11.0. The van der Waals surface area contributed by atoms with E-state index in [1.165, 1.54) is 6.07 Å². The number of nitro benzene ring substituents is 1. The molecule has 5 nitrogen and oxygen atoms in total. The van der Waals surface area contributed by atoms with Crippen molar-refractivity contribution in [3.63, 3.8) is 0 Å². The Morgan fingerprint density at radius 1 is 1.30 bits per heavy atom. The molecular formula is C15H14N2O3. The van der Waals surface area contributed by atoms with Crippen LogP contribution in [0.4, 0.5) is 5.69 Å². The van der Waals surface area contributed by atoms with Crippen molar-refractivity contribution in [2.24, 2.45) is 0 Å². The van der Waals surface area contributed by atoms with Gasteiger partial charge in [-0.3, -0.25) is 19.9 Å². The first-order valence-electron chi connectivity index (χ1n) is 6.21. The van der Waals surface area contributed by atoms with Crippen molar-refractivity contribution in [2.75, 3.05) is 0 Å². The van der Waals surface area contributed by atoms with E-state index in [0.29, 0.717) is 5.69 Å². The predicted octanol–water partition coefficient (Wildman–Crippen LogP) is 3.28. The Labute approximate surface area is 116 Å². The number of benzene rings is 1. The van der Waals surface area contributed by atoms with E-state index >= 15 is 0 Å². The van der Waals surface area contributed by atoms with E-state index < -0.39 is 10.8 Å². The quantitative estimate of drug-likeness (QED) is 0.485. The van der Waals surface area contributed by atoms with Crippen LogP contribution in [0.3, 0.4) is 0 Å². The summed E-state index contributed by atoms with van der Waals surface area (Å²) in [6.45, 7) is 3.50. The van der Waals surface area contributed by atoms with Crippen LogP contribution < -0.4 is 0 Å². The Morgan fingerprint density at radius 3 is 2.65 bits per heavy atom. The molecule has 1 unspecified atom stereocenters. The molecule has 0 saturated carbocycles. The second kappa shape index (κ2) is 5.61. The van der Waals surface area contributed by atoms with Gasteiger partial charge in [-0.15, -0.1) is 0 Å². The largest absolute Gasteiger partial charge is 0.293 e. The number of carbonyl (C=O) groups is 1. The van der Waals surface area contributed by atoms with Gasteiger partial charge in [0.05, 0.1) is 22.1 Å². The van der Waals surface area contributed by atoms with E-state index in [1.807, 2.05) is 0 Å². The van der Waals surface area contributed by atoms with Gasteiger partial charge in [0.1, 0.15) is 0 Å². The van der Waals surface area contributed by atoms with Crippen molar-refractivity contribution in [2.45, 2.75) is 19.8 Å². The highest BCUT2D eigenvalue weighted by Crippen LogP contribution is 2.26. The number of aromatic nitrogens is 1. The van der Waals surface area contributed by atoms with Crippen LogP contribution in [0.25, 0.3) is 0 Å². The van der Waals surface area contributed by atoms with E-state index in [-0.39, 0.29) is 17.0 Å². The number of carbonyl (C=O) groups excluding carboxylic acids is 1. The van der Waals surface area contributed by atoms with Crippen LogP contribution in [0.5, 0.6) is 0 Å². The average molecular weight is 270 g/mol. The Balaban J connectivity index is 2.43. The summed E-state index contributed by atoms with van der Waals surface area (Å²) in [4.78, 5) is 27.1. The predicted molar refractivity (Wildman–Crippen MR) is 74.8 cm³/mol. The minimum absolute atomic E-state index is 0.133. The zero-order valence-corrected chi connectivity index (χ0v) is 11.2. The molecule has 1 heterocycles. The fraction of sp³-hybridized carbons (Fsp3) is 0.200. The van der Waals surface area contributed by atoms with E-state index in [0.717, 1.165) is 5.56 Å². The Hall–Kier alpha value is -2.56. The number of pyridine rings is 1. The number of nitrogens with zero attached hydrogens (tertiary/aromatic N) is 2. The molecule has 0 N–H and O–H groups in total. The highest BCUT2D eigenvalue weighted by molar-refractivity contribution is 6.03. The molecule has 2 rings (SSSR count). The maximum absolute atomic E-state index is 12.5. The standard InChI is InChI=1S/C15H14N2O3/c1-10-6-7-14(17(19)20)12(9-10)15(18)11(2)13-5-3-4-8-16-13/h3-9,11H,1-2H3. The topological polar surface area (TPSA) is 73.1 Å². The minimum Gasteiger partial charge on any atom is -0.293 e. The molecule has 0 saturated heterocycles. The lowest BCUT2D eigenvalue weighted by atomic mass is 9.94. The molecule has 20 heavy (non-hydrogen) atoms. The molecule has 0 aliphatic carbocycles. The van der Waals surface area contributed by atoms with Crippen molar-refractivity contribution in [1.82, 2.24) is 4.98 Å². The Bertz CT molecular complexity index is 653. The molecule has 1 aromatic heterocycles. The molecule has 0 bridgehead atoms. The first-order chi connectivity index (χ1) is 9.50. The number of ketones is 1. The third-order valence-corrected chi connectivity index (χ3v) is 3.14. The van der Waals surface area contributed by atoms with Crippen molar-refractivity contribution in [3.05, 3.63) is 69.5 Å². The van der Waals surface area contributed by atoms with Crippen molar-refractivity contribution >= 4 is 11.5 Å². The van der Waals surface area contributed by atoms with Gasteiger partial charge >= 0.3 is 0 Å². The minimum atomic E-state index is -0.530. The summed E-state index contributed by atoms with van der Waals surface area (Å²) in [6.07, 6.45) is 1.60. The summed E-state index contributed by atoms with van der Waals surface area (Å²) in [5.74, 6) is -0.809. The van der Waals surface area contributed by atoms with E-state index in [1.54, 1.807) is 50.4 Å². The lowest BCUT2D eigenvalue weighted by molar-refractivity contribution is -0.385. The van der Waals surface area contributed by atoms with Crippen molar-refractivity contribution in [1.29, 1.82) is 0 Å². The van der Waals surface area contributed by atoms with E-state index in [9.17, 15) is 14.9 Å². The molecular weight excluding hydrogens is 256 g/mol. The molecule has 0 spiro atoms. The molecule has 0 amide bonds. The molecule has 102 valence electrons. The van der Waals surface area contributed by atoms with Gasteiger partial charge in [-0.2, -0.15) is 0 Å². The maximum Gasteiger partial charge on any atom is 0.280 e. The highest BCUT2D eigenvalue weighted by atomic mass is 16.6. The molecule has 0 aliphatic heterocycles. The van der Waals surface area contributed by atoms with Crippen LogP contribution in [0, 0.1) is 17.0 Å². The fourth-order valence-electron chi connectivity index (χ4n) is 2.01. The van der Waals surface area contributed by atoms with Gasteiger partial charge in [0.2, 0.25) is 0 Å². The second-order valence-electron chi connectivity index (χ2n) is 4.62. The van der Waals surface area contributed by atoms with Crippen LogP contribution in [0.2, 0.25) is 0 Å². The monoisotopic (exact) mass is 270 g/mol. The number of hydrogen-bond acceptors (Lipinski definition) is 4. The first kappa shape index (κ1) is 13.9. The molecule has 1 atom stereocenters. The van der Waals surface area contributed by atoms with Crippen LogP contribution in [0.15, 0.2) is 42.6 Å². The normalized spacial score (nSPS) is 11.9. The molecule has 1 aromatic carbocycles. The Kier molecular flexibility index (Phi) is 3.89. The summed E-state index contributed by atoms with van der Waals surface area (Å²) < 4.78 is 0. The third kappa shape index (κ3) is 2.71. The molecule has 0 aliphatic rings. The van der Waals surface area contributed by atoms with Gasteiger partial charge in [-0.05, 0) is 37.6 Å². The molecule has 5 heteroatoms. The second-order valence-corrected chi connectivity index (χ2v) is 4.62. The van der Waals surface area contributed by atoms with Gasteiger partial charge in [0, 0.05) is 12.3 Å². The zero-order chi connectivity index (χ0) is 14.7. The van der Waals surface area contributed by atoms with Crippen LogP contribution in [-0.4, -0.2) is 15.7 Å². The van der Waals surface area contributed by atoms with E-state index in [2.05, 4.69) is 4.98 Å². The number of aryl methyl sites for hydroxylation is 1. The maximum atomic E-state index is 12.5. The lowest BCUT2D eigenvalue weighted by Gasteiger charge is -2.10. The van der Waals surface area contributed by atoms with Crippen LogP contribution >= 0.6 is 0 Å². The number of hydrogen-bond donors (Lipinski definition) is 0. The van der Waals surface area contributed by atoms with Gasteiger partial charge in [0.15, 0.2) is 5.78 Å². The van der Waals surface area contributed by atoms with Gasteiger partial charge in [-0.1, -0.05) is 12.1 Å². The summed E-state index contributed by atoms with van der Waals surface area (Å²) >= 11 is 0. The SMILES string of the molecule is Cc1ccc([N+](=O)[O-])c(C(=O)C(C)c2ccccn2)c1. The van der Waals surface area contributed by atoms with E-state index in [4.69, 9.17) is 0 Å². The number of nitro groups is 1. The summed E-state index contributed by atoms with van der Waals surface area (Å²) in [6, 6.07) is 9.84. The lowest BCUT2D eigenvalue weighted by Crippen LogP contribution is -2.13. The highest BCUT2D eigenvalue weighted by Gasteiger charge is 2.25. The summed E-state index contributed by atoms with van der Waals surface area (Å²) in [5.41, 5.74) is 1.39. The number of Topliss-reactive ketones (excluding diaryl/α,β-unsaturated/α-hetero) is 1. The molecule has 2 aromatic rings. The number of rotatable bonds is 4. The first-order valence-corrected chi connectivity index (χ1v) is 6.21. The molecule has 0 fully saturated rings. The average Bonchev–Trinajstić information content (AvgIpc) is 2.46. The molecule has 0 radical (unpaired) electrons. The van der Waals surface area contributed by atoms with Gasteiger partial charge < -0.3 is 0 Å². The Morgan fingerprint density at radius 2 is 2.05 bits per heavy atom. The fourth-order valence-corrected chi connectivity index (χ4v) is 2.01. The smallest absolute Gasteiger partial charge is 0.280 e. The van der Waals surface area contributed by atoms with Crippen molar-refractivity contribution < 1.29 is 9.72 Å². The van der Waals surface area contributed by atoms with Crippen LogP contribution in [0.1, 0.15) is 34.5 Å². The van der Waals surface area contributed by atoms with Crippen LogP contribution in [-0.2, 0) is 0 Å².